The van der Waals surface area contributed by atoms with Crippen molar-refractivity contribution in [2.24, 2.45) is 0 Å². The van der Waals surface area contributed by atoms with Crippen LogP contribution in [0.2, 0.25) is 0 Å². The van der Waals surface area contributed by atoms with Gasteiger partial charge in [0, 0.05) is 23.8 Å². The molecule has 0 saturated carbocycles. The highest BCUT2D eigenvalue weighted by molar-refractivity contribution is 7.99. The van der Waals surface area contributed by atoms with Crippen LogP contribution in [0.15, 0.2) is 79.1 Å². The highest BCUT2D eigenvalue weighted by atomic mass is 32.2. The Balaban J connectivity index is 1.50. The van der Waals surface area contributed by atoms with E-state index in [-0.39, 0.29) is 11.2 Å². The van der Waals surface area contributed by atoms with Gasteiger partial charge in [-0.3, -0.25) is 9.78 Å². The summed E-state index contributed by atoms with van der Waals surface area (Å²) in [4.78, 5) is 16.4. The largest absolute Gasteiger partial charge is 0.325 e. The van der Waals surface area contributed by atoms with Crippen LogP contribution in [0.1, 0.15) is 23.6 Å². The molecule has 0 spiro atoms. The van der Waals surface area contributed by atoms with Gasteiger partial charge in [-0.05, 0) is 54.3 Å². The Hall–Kier alpha value is -2.59. The van der Waals surface area contributed by atoms with Crippen molar-refractivity contribution in [2.45, 2.75) is 24.3 Å². The van der Waals surface area contributed by atoms with Crippen LogP contribution in [0.4, 0.5) is 5.69 Å². The first-order valence-corrected chi connectivity index (χ1v) is 9.70. The van der Waals surface area contributed by atoms with Crippen molar-refractivity contribution in [1.29, 1.82) is 0 Å². The van der Waals surface area contributed by atoms with Crippen molar-refractivity contribution < 1.29 is 4.79 Å². The van der Waals surface area contributed by atoms with Crippen LogP contribution < -0.4 is 5.32 Å². The van der Waals surface area contributed by atoms with E-state index in [9.17, 15) is 4.79 Å². The van der Waals surface area contributed by atoms with Gasteiger partial charge in [0.2, 0.25) is 5.91 Å². The molecule has 132 valence electrons. The topological polar surface area (TPSA) is 42.0 Å². The Labute approximate surface area is 158 Å². The summed E-state index contributed by atoms with van der Waals surface area (Å²) in [6.07, 6.45) is 4.47. The lowest BCUT2D eigenvalue weighted by Gasteiger charge is -2.12. The predicted molar refractivity (Wildman–Crippen MR) is 109 cm³/mol. The molecule has 3 nitrogen and oxygen atoms in total. The summed E-state index contributed by atoms with van der Waals surface area (Å²) in [5, 5.41) is 2.89. The normalized spacial score (nSPS) is 11.7. The summed E-state index contributed by atoms with van der Waals surface area (Å²) >= 11 is 1.64. The molecule has 0 aliphatic heterocycles. The minimum absolute atomic E-state index is 0.0350. The van der Waals surface area contributed by atoms with Gasteiger partial charge >= 0.3 is 0 Å². The third-order valence-electron chi connectivity index (χ3n) is 4.09. The Bertz CT molecular complexity index is 820. The smallest absolute Gasteiger partial charge is 0.237 e. The van der Waals surface area contributed by atoms with E-state index < -0.39 is 0 Å². The zero-order valence-electron chi connectivity index (χ0n) is 14.8. The van der Waals surface area contributed by atoms with Gasteiger partial charge in [-0.2, -0.15) is 0 Å². The number of rotatable bonds is 7. The van der Waals surface area contributed by atoms with Crippen molar-refractivity contribution in [3.63, 3.8) is 0 Å². The van der Waals surface area contributed by atoms with Crippen molar-refractivity contribution in [1.82, 2.24) is 4.98 Å². The minimum Gasteiger partial charge on any atom is -0.325 e. The van der Waals surface area contributed by atoms with E-state index in [0.717, 1.165) is 17.9 Å². The molecule has 1 atom stereocenters. The Morgan fingerprint density at radius 1 is 0.923 bits per heavy atom. The molecule has 0 bridgehead atoms. The molecule has 1 heterocycles. The molecule has 1 unspecified atom stereocenters. The quantitative estimate of drug-likeness (QED) is 0.648. The van der Waals surface area contributed by atoms with E-state index >= 15 is 0 Å². The van der Waals surface area contributed by atoms with Gasteiger partial charge in [0.05, 0.1) is 5.25 Å². The maximum atomic E-state index is 12.4. The Morgan fingerprint density at radius 2 is 1.58 bits per heavy atom. The zero-order valence-corrected chi connectivity index (χ0v) is 15.6. The predicted octanol–water partition coefficient (Wildman–Crippen LogP) is 4.93. The van der Waals surface area contributed by atoms with E-state index in [1.807, 2.05) is 49.4 Å². The second kappa shape index (κ2) is 9.20. The molecule has 0 aliphatic rings. The molecule has 1 aromatic heterocycles. The molecule has 0 radical (unpaired) electrons. The monoisotopic (exact) mass is 362 g/mol. The van der Waals surface area contributed by atoms with Crippen LogP contribution in [-0.2, 0) is 17.0 Å². The lowest BCUT2D eigenvalue weighted by Crippen LogP contribution is -2.22. The van der Waals surface area contributed by atoms with Crippen molar-refractivity contribution >= 4 is 23.4 Å². The molecule has 1 N–H and O–H groups in total. The number of nitrogens with zero attached hydrogens (tertiary/aromatic N) is 1. The number of hydrogen-bond acceptors (Lipinski definition) is 3. The number of amides is 1. The lowest BCUT2D eigenvalue weighted by molar-refractivity contribution is -0.115. The number of aromatic nitrogens is 1. The summed E-state index contributed by atoms with van der Waals surface area (Å²) in [5.74, 6) is 0.869. The maximum Gasteiger partial charge on any atom is 0.237 e. The highest BCUT2D eigenvalue weighted by Gasteiger charge is 2.13. The number of nitrogens with one attached hydrogen (secondary N) is 1. The summed E-state index contributed by atoms with van der Waals surface area (Å²) in [7, 11) is 0. The lowest BCUT2D eigenvalue weighted by atomic mass is 10.1. The number of hydrogen-bond donors (Lipinski definition) is 1. The standard InChI is InChI=1S/C22H22N2OS/c1-17(26-16-20-5-3-2-4-6-20)22(25)24-21-9-7-18(8-10-21)15-19-11-13-23-14-12-19/h2-14,17H,15-16H2,1H3,(H,24,25). The molecule has 26 heavy (non-hydrogen) atoms. The van der Waals surface area contributed by atoms with Gasteiger partial charge in [0.15, 0.2) is 0 Å². The molecular weight excluding hydrogens is 340 g/mol. The fraction of sp³-hybridized carbons (Fsp3) is 0.182. The second-order valence-corrected chi connectivity index (χ2v) is 7.49. The first kappa shape index (κ1) is 18.2. The molecule has 2 aromatic carbocycles. The third kappa shape index (κ3) is 5.46. The van der Waals surface area contributed by atoms with Crippen LogP contribution in [0.3, 0.4) is 0 Å². The minimum atomic E-state index is -0.105. The number of benzene rings is 2. The summed E-state index contributed by atoms with van der Waals surface area (Å²) < 4.78 is 0. The van der Waals surface area contributed by atoms with Gasteiger partial charge in [-0.1, -0.05) is 42.5 Å². The fourth-order valence-corrected chi connectivity index (χ4v) is 3.40. The first-order valence-electron chi connectivity index (χ1n) is 8.65. The van der Waals surface area contributed by atoms with Crippen molar-refractivity contribution in [3.05, 3.63) is 95.8 Å². The average Bonchev–Trinajstić information content (AvgIpc) is 2.69. The highest BCUT2D eigenvalue weighted by Crippen LogP contribution is 2.20. The van der Waals surface area contributed by atoms with Gasteiger partial charge in [0.25, 0.3) is 0 Å². The number of carbonyl (C=O) groups excluding carboxylic acids is 1. The number of carbonyl (C=O) groups is 1. The van der Waals surface area contributed by atoms with E-state index in [1.54, 1.807) is 24.2 Å². The van der Waals surface area contributed by atoms with E-state index in [1.165, 1.54) is 16.7 Å². The van der Waals surface area contributed by atoms with Crippen LogP contribution in [0.5, 0.6) is 0 Å². The Kier molecular flexibility index (Phi) is 6.45. The Morgan fingerprint density at radius 3 is 2.27 bits per heavy atom. The van der Waals surface area contributed by atoms with Gasteiger partial charge in [0.1, 0.15) is 0 Å². The van der Waals surface area contributed by atoms with E-state index in [2.05, 4.69) is 34.6 Å². The molecule has 0 fully saturated rings. The van der Waals surface area contributed by atoms with Crippen molar-refractivity contribution in [2.75, 3.05) is 5.32 Å². The fourth-order valence-electron chi connectivity index (χ4n) is 2.56. The van der Waals surface area contributed by atoms with Gasteiger partial charge in [-0.25, -0.2) is 0 Å². The number of thioether (sulfide) groups is 1. The van der Waals surface area contributed by atoms with Crippen LogP contribution in [0.25, 0.3) is 0 Å². The molecule has 0 saturated heterocycles. The summed E-state index contributed by atoms with van der Waals surface area (Å²) in [6, 6.07) is 22.3. The first-order chi connectivity index (χ1) is 12.7. The average molecular weight is 362 g/mol. The second-order valence-electron chi connectivity index (χ2n) is 6.16. The maximum absolute atomic E-state index is 12.4. The summed E-state index contributed by atoms with van der Waals surface area (Å²) in [6.45, 7) is 1.95. The molecule has 3 rings (SSSR count). The van der Waals surface area contributed by atoms with Gasteiger partial charge < -0.3 is 5.32 Å². The SMILES string of the molecule is CC(SCc1ccccc1)C(=O)Nc1ccc(Cc2ccncc2)cc1. The molecular formula is C22H22N2OS. The van der Waals surface area contributed by atoms with Crippen LogP contribution in [0, 0.1) is 0 Å². The van der Waals surface area contributed by atoms with Crippen molar-refractivity contribution in [3.8, 4) is 0 Å². The number of pyridine rings is 1. The third-order valence-corrected chi connectivity index (χ3v) is 5.31. The van der Waals surface area contributed by atoms with Gasteiger partial charge in [-0.15, -0.1) is 11.8 Å². The van der Waals surface area contributed by atoms with E-state index in [4.69, 9.17) is 0 Å². The molecule has 3 aromatic rings. The van der Waals surface area contributed by atoms with Crippen LogP contribution in [-0.4, -0.2) is 16.1 Å². The van der Waals surface area contributed by atoms with E-state index in [0.29, 0.717) is 0 Å². The molecule has 1 amide bonds. The zero-order chi connectivity index (χ0) is 18.2. The summed E-state index contributed by atoms with van der Waals surface area (Å²) in [5.41, 5.74) is 4.50. The van der Waals surface area contributed by atoms with Crippen LogP contribution >= 0.6 is 11.8 Å². The molecule has 4 heteroatoms. The molecule has 0 aliphatic carbocycles. The number of anilines is 1.